The van der Waals surface area contributed by atoms with E-state index < -0.39 is 17.3 Å². The van der Waals surface area contributed by atoms with Crippen molar-refractivity contribution in [3.63, 3.8) is 0 Å². The van der Waals surface area contributed by atoms with Crippen LogP contribution in [0.25, 0.3) is 10.6 Å². The monoisotopic (exact) mass is 414 g/mol. The number of rotatable bonds is 6. The lowest BCUT2D eigenvalue weighted by Gasteiger charge is -2.40. The Morgan fingerprint density at radius 2 is 2.24 bits per heavy atom. The predicted octanol–water partition coefficient (Wildman–Crippen LogP) is 4.91. The van der Waals surface area contributed by atoms with Gasteiger partial charge >= 0.3 is 5.97 Å². The van der Waals surface area contributed by atoms with Gasteiger partial charge in [0.05, 0.1) is 23.9 Å². The first kappa shape index (κ1) is 18.3. The van der Waals surface area contributed by atoms with E-state index in [4.69, 9.17) is 9.15 Å². The van der Waals surface area contributed by atoms with E-state index in [0.717, 1.165) is 30.0 Å². The van der Waals surface area contributed by atoms with E-state index in [9.17, 15) is 14.3 Å². The zero-order valence-corrected chi connectivity index (χ0v) is 16.5. The van der Waals surface area contributed by atoms with Crippen molar-refractivity contribution < 1.29 is 23.4 Å². The molecule has 1 unspecified atom stereocenters. The standard InChI is InChI=1S/C21H19FN2O4S/c1-11-9-24-19(29-11)14-5-13(6-15(17(14)22)20(25)26)28-10-21-7-12(8-21)4-16(21)18-23-2-3-27-18/h2-3,5-6,9,12,16H,4,7-8,10H2,1H3,(H,25,26). The molecule has 0 radical (unpaired) electrons. The van der Waals surface area contributed by atoms with Gasteiger partial charge in [-0.05, 0) is 44.2 Å². The number of carboxylic acid groups (broad SMARTS) is 1. The zero-order valence-electron chi connectivity index (χ0n) is 15.7. The Balaban J connectivity index is 1.44. The van der Waals surface area contributed by atoms with Gasteiger partial charge in [-0.25, -0.2) is 19.2 Å². The van der Waals surface area contributed by atoms with Gasteiger partial charge in [0.2, 0.25) is 0 Å². The summed E-state index contributed by atoms with van der Waals surface area (Å²) in [6.07, 6.45) is 7.97. The lowest BCUT2D eigenvalue weighted by molar-refractivity contribution is 0.0519. The molecule has 3 aliphatic carbocycles. The van der Waals surface area contributed by atoms with E-state index in [0.29, 0.717) is 23.3 Å². The summed E-state index contributed by atoms with van der Waals surface area (Å²) in [6, 6.07) is 2.80. The highest BCUT2D eigenvalue weighted by molar-refractivity contribution is 7.14. The van der Waals surface area contributed by atoms with Crippen LogP contribution in [0.15, 0.2) is 35.2 Å². The molecule has 3 aliphatic rings. The first-order valence-corrected chi connectivity index (χ1v) is 10.3. The smallest absolute Gasteiger partial charge is 0.338 e. The van der Waals surface area contributed by atoms with Crippen molar-refractivity contribution in [2.75, 3.05) is 6.61 Å². The number of aryl methyl sites for hydroxylation is 1. The molecular formula is C21H19FN2O4S. The van der Waals surface area contributed by atoms with E-state index in [1.807, 2.05) is 6.92 Å². The molecule has 3 fully saturated rings. The summed E-state index contributed by atoms with van der Waals surface area (Å²) in [7, 11) is 0. The number of nitrogens with zero attached hydrogens (tertiary/aromatic N) is 2. The van der Waals surface area contributed by atoms with Gasteiger partial charge in [0.25, 0.3) is 0 Å². The van der Waals surface area contributed by atoms with E-state index in [2.05, 4.69) is 9.97 Å². The van der Waals surface area contributed by atoms with E-state index in [-0.39, 0.29) is 16.9 Å². The fourth-order valence-electron chi connectivity index (χ4n) is 4.81. The molecule has 0 saturated heterocycles. The van der Waals surface area contributed by atoms with Gasteiger partial charge in [-0.15, -0.1) is 11.3 Å². The molecule has 0 spiro atoms. The van der Waals surface area contributed by atoms with Crippen LogP contribution in [0.5, 0.6) is 5.75 Å². The third kappa shape index (κ3) is 3.02. The van der Waals surface area contributed by atoms with Crippen LogP contribution in [-0.2, 0) is 0 Å². The maximum absolute atomic E-state index is 14.8. The summed E-state index contributed by atoms with van der Waals surface area (Å²) in [4.78, 5) is 21.0. The van der Waals surface area contributed by atoms with Gasteiger partial charge in [0.15, 0.2) is 5.89 Å². The minimum absolute atomic E-state index is 0.0643. The number of carbonyl (C=O) groups is 1. The molecule has 3 saturated carbocycles. The van der Waals surface area contributed by atoms with Crippen LogP contribution in [0, 0.1) is 24.1 Å². The number of carboxylic acids is 1. The van der Waals surface area contributed by atoms with Gasteiger partial charge in [-0.3, -0.25) is 0 Å². The molecule has 8 heteroatoms. The lowest BCUT2D eigenvalue weighted by atomic mass is 9.67. The van der Waals surface area contributed by atoms with E-state index in [1.54, 1.807) is 24.7 Å². The second kappa shape index (κ2) is 6.66. The highest BCUT2D eigenvalue weighted by Gasteiger charge is 2.59. The number of halogens is 1. The van der Waals surface area contributed by atoms with Crippen molar-refractivity contribution >= 4 is 17.3 Å². The van der Waals surface area contributed by atoms with Crippen molar-refractivity contribution in [1.82, 2.24) is 9.97 Å². The Labute approximate surface area is 170 Å². The number of benzene rings is 1. The van der Waals surface area contributed by atoms with Crippen molar-refractivity contribution in [3.05, 3.63) is 52.9 Å². The third-order valence-electron chi connectivity index (χ3n) is 6.10. The molecule has 150 valence electrons. The minimum Gasteiger partial charge on any atom is -0.493 e. The molecule has 2 bridgehead atoms. The Morgan fingerprint density at radius 3 is 2.90 bits per heavy atom. The molecule has 1 atom stereocenters. The summed E-state index contributed by atoms with van der Waals surface area (Å²) in [5.74, 6) is -0.210. The van der Waals surface area contributed by atoms with Gasteiger partial charge in [-0.2, -0.15) is 0 Å². The number of aromatic carboxylic acids is 1. The second-order valence-corrected chi connectivity index (χ2v) is 9.23. The number of hydrogen-bond donors (Lipinski definition) is 1. The summed E-state index contributed by atoms with van der Waals surface area (Å²) in [5.41, 5.74) is -0.326. The SMILES string of the molecule is Cc1cnc(-c2cc(OCC34CC(CC3c3ncco3)C4)cc(C(=O)O)c2F)s1. The molecule has 2 aromatic heterocycles. The number of ether oxygens (including phenoxy) is 1. The fourth-order valence-corrected chi connectivity index (χ4v) is 5.59. The topological polar surface area (TPSA) is 85.5 Å². The lowest BCUT2D eigenvalue weighted by Crippen LogP contribution is -2.37. The predicted molar refractivity (Wildman–Crippen MR) is 104 cm³/mol. The molecule has 1 aromatic carbocycles. The average molecular weight is 414 g/mol. The van der Waals surface area contributed by atoms with Crippen molar-refractivity contribution in [2.45, 2.75) is 32.1 Å². The van der Waals surface area contributed by atoms with Crippen LogP contribution in [0.4, 0.5) is 4.39 Å². The highest BCUT2D eigenvalue weighted by atomic mass is 32.1. The highest BCUT2D eigenvalue weighted by Crippen LogP contribution is 2.65. The molecule has 6 nitrogen and oxygen atoms in total. The van der Waals surface area contributed by atoms with Crippen LogP contribution in [0.3, 0.4) is 0 Å². The van der Waals surface area contributed by atoms with E-state index in [1.165, 1.54) is 17.4 Å². The molecule has 0 aliphatic heterocycles. The van der Waals surface area contributed by atoms with Crippen molar-refractivity contribution in [1.29, 1.82) is 0 Å². The normalized spacial score (nSPS) is 25.0. The minimum atomic E-state index is -1.33. The molecule has 6 rings (SSSR count). The molecular weight excluding hydrogens is 395 g/mol. The third-order valence-corrected chi connectivity index (χ3v) is 7.05. The molecule has 0 amide bonds. The Kier molecular flexibility index (Phi) is 4.20. The van der Waals surface area contributed by atoms with Crippen molar-refractivity contribution in [2.24, 2.45) is 11.3 Å². The molecule has 3 aromatic rings. The number of aromatic nitrogens is 2. The molecule has 2 heterocycles. The van der Waals surface area contributed by atoms with Crippen LogP contribution in [-0.4, -0.2) is 27.7 Å². The van der Waals surface area contributed by atoms with Crippen LogP contribution >= 0.6 is 11.3 Å². The average Bonchev–Trinajstić information content (AvgIpc) is 3.43. The summed E-state index contributed by atoms with van der Waals surface area (Å²) in [6.45, 7) is 2.28. The van der Waals surface area contributed by atoms with Gasteiger partial charge in [0, 0.05) is 22.4 Å². The van der Waals surface area contributed by atoms with Crippen LogP contribution in [0.1, 0.15) is 46.3 Å². The summed E-state index contributed by atoms with van der Waals surface area (Å²) < 4.78 is 26.4. The maximum Gasteiger partial charge on any atom is 0.338 e. The number of fused-ring (bicyclic) bond motifs is 1. The Bertz CT molecular complexity index is 1070. The van der Waals surface area contributed by atoms with Gasteiger partial charge < -0.3 is 14.3 Å². The fraction of sp³-hybridized carbons (Fsp3) is 0.381. The Hall–Kier alpha value is -2.74. The quantitative estimate of drug-likeness (QED) is 0.617. The molecule has 1 N–H and O–H groups in total. The summed E-state index contributed by atoms with van der Waals surface area (Å²) >= 11 is 1.31. The second-order valence-electron chi connectivity index (χ2n) is 8.00. The number of thiazole rings is 1. The van der Waals surface area contributed by atoms with Gasteiger partial charge in [0.1, 0.15) is 22.8 Å². The molecule has 29 heavy (non-hydrogen) atoms. The maximum atomic E-state index is 14.8. The largest absolute Gasteiger partial charge is 0.493 e. The number of oxazole rings is 1. The van der Waals surface area contributed by atoms with Gasteiger partial charge in [-0.1, -0.05) is 0 Å². The summed E-state index contributed by atoms with van der Waals surface area (Å²) in [5, 5.41) is 9.88. The Morgan fingerprint density at radius 1 is 1.41 bits per heavy atom. The number of hydrogen-bond acceptors (Lipinski definition) is 6. The van der Waals surface area contributed by atoms with Crippen LogP contribution in [0.2, 0.25) is 0 Å². The zero-order chi connectivity index (χ0) is 20.2. The first-order valence-electron chi connectivity index (χ1n) is 9.47. The van der Waals surface area contributed by atoms with Crippen LogP contribution < -0.4 is 4.74 Å². The van der Waals surface area contributed by atoms with E-state index >= 15 is 0 Å². The van der Waals surface area contributed by atoms with Crippen molar-refractivity contribution in [3.8, 4) is 16.3 Å². The first-order chi connectivity index (χ1) is 13.9.